The molecule has 1 aromatic carbocycles. The Morgan fingerprint density at radius 1 is 1.33 bits per heavy atom. The molecule has 7 heteroatoms. The second-order valence-corrected chi connectivity index (χ2v) is 9.53. The van der Waals surface area contributed by atoms with Gasteiger partial charge in [0.1, 0.15) is 4.21 Å². The fraction of sp³-hybridized carbons (Fsp3) is 0.353. The van der Waals surface area contributed by atoms with Gasteiger partial charge in [0.15, 0.2) is 5.78 Å². The molecular formula is C17H18ClNO3S2. The molecule has 1 aromatic heterocycles. The molecule has 0 aliphatic carbocycles. The van der Waals surface area contributed by atoms with Gasteiger partial charge in [-0.05, 0) is 48.9 Å². The largest absolute Gasteiger partial charge is 0.294 e. The lowest BCUT2D eigenvalue weighted by Crippen LogP contribution is -2.42. The quantitative estimate of drug-likeness (QED) is 0.750. The maximum atomic E-state index is 12.8. The first-order valence-corrected chi connectivity index (χ1v) is 10.4. The molecule has 0 bridgehead atoms. The van der Waals surface area contributed by atoms with E-state index >= 15 is 0 Å². The van der Waals surface area contributed by atoms with Crippen molar-refractivity contribution >= 4 is 38.7 Å². The molecule has 1 atom stereocenters. The lowest BCUT2D eigenvalue weighted by atomic mass is 9.91. The van der Waals surface area contributed by atoms with Gasteiger partial charge in [0.25, 0.3) is 10.0 Å². The molecule has 0 N–H and O–H groups in total. The highest BCUT2D eigenvalue weighted by atomic mass is 35.5. The van der Waals surface area contributed by atoms with E-state index in [2.05, 4.69) is 0 Å². The number of carbonyl (C=O) groups excluding carboxylic acids is 1. The van der Waals surface area contributed by atoms with Crippen molar-refractivity contribution in [1.82, 2.24) is 4.31 Å². The van der Waals surface area contributed by atoms with Crippen molar-refractivity contribution in [1.29, 1.82) is 0 Å². The molecule has 0 saturated carbocycles. The number of hydrogen-bond acceptors (Lipinski definition) is 4. The third-order valence-corrected chi connectivity index (χ3v) is 7.80. The predicted octanol–water partition coefficient (Wildman–Crippen LogP) is 3.99. The van der Waals surface area contributed by atoms with Crippen molar-refractivity contribution in [2.45, 2.75) is 24.0 Å². The van der Waals surface area contributed by atoms with E-state index in [0.29, 0.717) is 34.2 Å². The van der Waals surface area contributed by atoms with E-state index in [-0.39, 0.29) is 18.2 Å². The molecule has 0 amide bonds. The molecule has 0 radical (unpaired) electrons. The Labute approximate surface area is 151 Å². The van der Waals surface area contributed by atoms with Crippen LogP contribution in [0.1, 0.15) is 28.8 Å². The number of Topliss-reactive ketones (excluding diaryl/α,β-unsaturated/α-hetero) is 1. The van der Waals surface area contributed by atoms with E-state index in [1.54, 1.807) is 30.3 Å². The van der Waals surface area contributed by atoms with Crippen molar-refractivity contribution in [2.75, 3.05) is 13.1 Å². The molecular weight excluding hydrogens is 366 g/mol. The number of thiophene rings is 1. The summed E-state index contributed by atoms with van der Waals surface area (Å²) in [5.74, 6) is -0.368. The lowest BCUT2D eigenvalue weighted by molar-refractivity contribution is 0.0872. The molecule has 1 saturated heterocycles. The van der Waals surface area contributed by atoms with Gasteiger partial charge >= 0.3 is 0 Å². The number of piperidine rings is 1. The van der Waals surface area contributed by atoms with Gasteiger partial charge in [0, 0.05) is 29.6 Å². The van der Waals surface area contributed by atoms with Crippen LogP contribution in [0.5, 0.6) is 0 Å². The van der Waals surface area contributed by atoms with Gasteiger partial charge in [0.05, 0.1) is 0 Å². The zero-order valence-electron chi connectivity index (χ0n) is 13.2. The summed E-state index contributed by atoms with van der Waals surface area (Å²) in [6.07, 6.45) is 1.38. The summed E-state index contributed by atoms with van der Waals surface area (Å²) in [7, 11) is -3.52. The molecule has 1 fully saturated rings. The average Bonchev–Trinajstić information content (AvgIpc) is 3.01. The molecule has 3 rings (SSSR count). The summed E-state index contributed by atoms with van der Waals surface area (Å²) >= 11 is 7.18. The van der Waals surface area contributed by atoms with Crippen LogP contribution in [0.25, 0.3) is 0 Å². The van der Waals surface area contributed by atoms with Crippen LogP contribution in [0.15, 0.2) is 39.9 Å². The third-order valence-electron chi connectivity index (χ3n) is 4.16. The highest BCUT2D eigenvalue weighted by Gasteiger charge is 2.34. The van der Waals surface area contributed by atoms with Crippen LogP contribution in [-0.4, -0.2) is 31.6 Å². The van der Waals surface area contributed by atoms with Gasteiger partial charge in [-0.15, -0.1) is 11.3 Å². The molecule has 1 aliphatic heterocycles. The second-order valence-electron chi connectivity index (χ2n) is 6.02. The molecule has 0 spiro atoms. The molecule has 128 valence electrons. The minimum atomic E-state index is -3.52. The Morgan fingerprint density at radius 3 is 2.79 bits per heavy atom. The minimum absolute atomic E-state index is 0.0419. The third kappa shape index (κ3) is 3.57. The Balaban J connectivity index is 1.80. The highest BCUT2D eigenvalue weighted by molar-refractivity contribution is 7.91. The van der Waals surface area contributed by atoms with E-state index < -0.39 is 10.0 Å². The first-order chi connectivity index (χ1) is 11.4. The topological polar surface area (TPSA) is 54.5 Å². The van der Waals surface area contributed by atoms with Gasteiger partial charge in [-0.2, -0.15) is 4.31 Å². The van der Waals surface area contributed by atoms with Crippen molar-refractivity contribution in [3.05, 3.63) is 51.9 Å². The van der Waals surface area contributed by atoms with Crippen molar-refractivity contribution in [3.8, 4) is 0 Å². The molecule has 0 unspecified atom stereocenters. The fourth-order valence-corrected chi connectivity index (χ4v) is 6.02. The number of sulfonamides is 1. The van der Waals surface area contributed by atoms with Gasteiger partial charge < -0.3 is 0 Å². The van der Waals surface area contributed by atoms with Crippen LogP contribution >= 0.6 is 22.9 Å². The Morgan fingerprint density at radius 2 is 2.12 bits per heavy atom. The predicted molar refractivity (Wildman–Crippen MR) is 96.3 cm³/mol. The number of carbonyl (C=O) groups is 1. The molecule has 24 heavy (non-hydrogen) atoms. The van der Waals surface area contributed by atoms with Gasteiger partial charge in [0.2, 0.25) is 0 Å². The summed E-state index contributed by atoms with van der Waals surface area (Å²) < 4.78 is 27.3. The zero-order chi connectivity index (χ0) is 17.3. The first kappa shape index (κ1) is 17.6. The van der Waals surface area contributed by atoms with E-state index in [1.807, 2.05) is 12.3 Å². The van der Waals surface area contributed by atoms with Crippen molar-refractivity contribution in [2.24, 2.45) is 5.92 Å². The lowest BCUT2D eigenvalue weighted by Gasteiger charge is -2.30. The Kier molecular flexibility index (Phi) is 5.11. The first-order valence-electron chi connectivity index (χ1n) is 7.73. The smallest absolute Gasteiger partial charge is 0.252 e. The van der Waals surface area contributed by atoms with Gasteiger partial charge in [-0.3, -0.25) is 4.79 Å². The summed E-state index contributed by atoms with van der Waals surface area (Å²) in [5, 5.41) is 2.33. The maximum Gasteiger partial charge on any atom is 0.252 e. The number of nitrogens with zero attached hydrogens (tertiary/aromatic N) is 1. The van der Waals surface area contributed by atoms with Crippen LogP contribution in [0, 0.1) is 12.8 Å². The van der Waals surface area contributed by atoms with E-state index in [4.69, 9.17) is 11.6 Å². The average molecular weight is 384 g/mol. The highest BCUT2D eigenvalue weighted by Crippen LogP contribution is 2.29. The standard InChI is InChI=1S/C17H18ClNO3S2/c1-12-8-16(23-11-12)24(21,22)19-7-3-5-14(10-19)17(20)13-4-2-6-15(18)9-13/h2,4,6,8-9,11,14H,3,5,7,10H2,1H3/t14-/m0/s1. The maximum absolute atomic E-state index is 12.8. The van der Waals surface area contributed by atoms with Crippen molar-refractivity contribution < 1.29 is 13.2 Å². The van der Waals surface area contributed by atoms with Gasteiger partial charge in [-0.25, -0.2) is 8.42 Å². The summed E-state index contributed by atoms with van der Waals surface area (Å²) in [6, 6.07) is 8.50. The molecule has 2 aromatic rings. The fourth-order valence-electron chi connectivity index (χ4n) is 2.92. The SMILES string of the molecule is Cc1csc(S(=O)(=O)N2CCC[C@H](C(=O)c3cccc(Cl)c3)C2)c1. The summed E-state index contributed by atoms with van der Waals surface area (Å²) in [6.45, 7) is 2.56. The molecule has 1 aliphatic rings. The van der Waals surface area contributed by atoms with Gasteiger partial charge in [-0.1, -0.05) is 23.7 Å². The monoisotopic (exact) mass is 383 g/mol. The summed E-state index contributed by atoms with van der Waals surface area (Å²) in [5.41, 5.74) is 1.47. The number of benzene rings is 1. The molecule has 4 nitrogen and oxygen atoms in total. The van der Waals surface area contributed by atoms with Crippen LogP contribution in [0.4, 0.5) is 0 Å². The van der Waals surface area contributed by atoms with Crippen LogP contribution in [0.2, 0.25) is 5.02 Å². The number of rotatable bonds is 4. The number of halogens is 1. The van der Waals surface area contributed by atoms with Crippen molar-refractivity contribution in [3.63, 3.8) is 0 Å². The van der Waals surface area contributed by atoms with Crippen LogP contribution < -0.4 is 0 Å². The van der Waals surface area contributed by atoms with Crippen LogP contribution in [0.3, 0.4) is 0 Å². The van der Waals surface area contributed by atoms with Crippen LogP contribution in [-0.2, 0) is 10.0 Å². The van der Waals surface area contributed by atoms with E-state index in [0.717, 1.165) is 5.56 Å². The molecule has 2 heterocycles. The number of hydrogen-bond donors (Lipinski definition) is 0. The number of ketones is 1. The summed E-state index contributed by atoms with van der Waals surface area (Å²) in [4.78, 5) is 12.7. The minimum Gasteiger partial charge on any atom is -0.294 e. The Bertz CT molecular complexity index is 860. The van der Waals surface area contributed by atoms with E-state index in [1.165, 1.54) is 15.6 Å². The number of aryl methyl sites for hydroxylation is 1. The zero-order valence-corrected chi connectivity index (χ0v) is 15.6. The normalized spacial score (nSPS) is 19.3. The second kappa shape index (κ2) is 6.96. The van der Waals surface area contributed by atoms with E-state index in [9.17, 15) is 13.2 Å². The Hall–Kier alpha value is -1.21.